The van der Waals surface area contributed by atoms with Crippen molar-refractivity contribution in [1.29, 1.82) is 0 Å². The average molecular weight is 349 g/mol. The maximum absolute atomic E-state index is 10.6. The molecule has 2 rings (SSSR count). The standard InChI is InChI=1S/C13H15BrClNO3/c14-8-13(5-1-2-6-13)9-19-12-4-3-10(16(17)18)7-11(12)15/h3-4,7H,1-2,5-6,8-9H2. The fourth-order valence-corrected chi connectivity index (χ4v) is 3.34. The van der Waals surface area contributed by atoms with E-state index in [1.165, 1.54) is 25.0 Å². The smallest absolute Gasteiger partial charge is 0.271 e. The Hall–Kier alpha value is -0.810. The van der Waals surface area contributed by atoms with E-state index in [2.05, 4.69) is 15.9 Å². The third kappa shape index (κ3) is 3.39. The van der Waals surface area contributed by atoms with Gasteiger partial charge in [-0.3, -0.25) is 10.1 Å². The van der Waals surface area contributed by atoms with Gasteiger partial charge in [0, 0.05) is 22.9 Å². The van der Waals surface area contributed by atoms with Crippen molar-refractivity contribution in [2.24, 2.45) is 5.41 Å². The van der Waals surface area contributed by atoms with Crippen LogP contribution in [0.1, 0.15) is 25.7 Å². The number of ether oxygens (including phenoxy) is 1. The molecule has 0 aliphatic heterocycles. The molecule has 1 aliphatic carbocycles. The van der Waals surface area contributed by atoms with Gasteiger partial charge >= 0.3 is 0 Å². The van der Waals surface area contributed by atoms with Crippen molar-refractivity contribution in [3.05, 3.63) is 33.3 Å². The van der Waals surface area contributed by atoms with Crippen molar-refractivity contribution < 1.29 is 9.66 Å². The Bertz CT molecular complexity index is 475. The number of hydrogen-bond donors (Lipinski definition) is 0. The molecule has 0 atom stereocenters. The highest BCUT2D eigenvalue weighted by atomic mass is 79.9. The Labute approximate surface area is 125 Å². The van der Waals surface area contributed by atoms with Crippen LogP contribution in [0.5, 0.6) is 5.75 Å². The van der Waals surface area contributed by atoms with Gasteiger partial charge in [0.05, 0.1) is 16.6 Å². The molecule has 1 fully saturated rings. The summed E-state index contributed by atoms with van der Waals surface area (Å²) in [6.45, 7) is 0.593. The largest absolute Gasteiger partial charge is 0.491 e. The lowest BCUT2D eigenvalue weighted by Crippen LogP contribution is -2.27. The van der Waals surface area contributed by atoms with Crippen molar-refractivity contribution >= 4 is 33.2 Å². The lowest BCUT2D eigenvalue weighted by molar-refractivity contribution is -0.384. The molecular weight excluding hydrogens is 334 g/mol. The molecule has 1 aromatic carbocycles. The summed E-state index contributed by atoms with van der Waals surface area (Å²) >= 11 is 9.56. The van der Waals surface area contributed by atoms with Crippen LogP contribution in [0.3, 0.4) is 0 Å². The summed E-state index contributed by atoms with van der Waals surface area (Å²) in [5.41, 5.74) is 0.152. The summed E-state index contributed by atoms with van der Waals surface area (Å²) < 4.78 is 5.77. The lowest BCUT2D eigenvalue weighted by atomic mass is 9.90. The number of benzene rings is 1. The molecule has 4 nitrogen and oxygen atoms in total. The van der Waals surface area contributed by atoms with E-state index in [4.69, 9.17) is 16.3 Å². The summed E-state index contributed by atoms with van der Waals surface area (Å²) in [6.07, 6.45) is 4.73. The molecule has 0 unspecified atom stereocenters. The number of halogens is 2. The van der Waals surface area contributed by atoms with Crippen molar-refractivity contribution in [2.75, 3.05) is 11.9 Å². The van der Waals surface area contributed by atoms with Crippen LogP contribution in [-0.4, -0.2) is 16.9 Å². The molecule has 0 aromatic heterocycles. The zero-order chi connectivity index (χ0) is 13.9. The topological polar surface area (TPSA) is 52.4 Å². The van der Waals surface area contributed by atoms with E-state index < -0.39 is 4.92 Å². The zero-order valence-electron chi connectivity index (χ0n) is 10.4. The fourth-order valence-electron chi connectivity index (χ4n) is 2.39. The number of hydrogen-bond acceptors (Lipinski definition) is 3. The van der Waals surface area contributed by atoms with Crippen LogP contribution in [0, 0.1) is 15.5 Å². The number of alkyl halides is 1. The van der Waals surface area contributed by atoms with Gasteiger partial charge in [-0.15, -0.1) is 0 Å². The van der Waals surface area contributed by atoms with Crippen LogP contribution in [-0.2, 0) is 0 Å². The van der Waals surface area contributed by atoms with Crippen molar-refractivity contribution in [1.82, 2.24) is 0 Å². The van der Waals surface area contributed by atoms with Gasteiger partial charge in [0.25, 0.3) is 5.69 Å². The van der Waals surface area contributed by atoms with Gasteiger partial charge in [-0.25, -0.2) is 0 Å². The molecule has 0 N–H and O–H groups in total. The summed E-state index contributed by atoms with van der Waals surface area (Å²) in [5.74, 6) is 0.513. The van der Waals surface area contributed by atoms with Gasteiger partial charge in [-0.2, -0.15) is 0 Å². The van der Waals surface area contributed by atoms with Crippen LogP contribution in [0.25, 0.3) is 0 Å². The van der Waals surface area contributed by atoms with Gasteiger partial charge in [0.1, 0.15) is 5.75 Å². The Morgan fingerprint density at radius 3 is 2.63 bits per heavy atom. The Morgan fingerprint density at radius 1 is 1.42 bits per heavy atom. The van der Waals surface area contributed by atoms with E-state index in [0.717, 1.165) is 18.2 Å². The molecule has 1 saturated carbocycles. The van der Waals surface area contributed by atoms with Gasteiger partial charge in [0.15, 0.2) is 0 Å². The van der Waals surface area contributed by atoms with Crippen molar-refractivity contribution in [3.8, 4) is 5.75 Å². The zero-order valence-corrected chi connectivity index (χ0v) is 12.7. The monoisotopic (exact) mass is 347 g/mol. The van der Waals surface area contributed by atoms with Gasteiger partial charge in [0.2, 0.25) is 0 Å². The van der Waals surface area contributed by atoms with Crippen molar-refractivity contribution in [3.63, 3.8) is 0 Å². The van der Waals surface area contributed by atoms with E-state index in [1.807, 2.05) is 0 Å². The number of nitro benzene ring substituents is 1. The predicted molar refractivity (Wildman–Crippen MR) is 78.3 cm³/mol. The second-order valence-corrected chi connectivity index (χ2v) is 5.97. The minimum Gasteiger partial charge on any atom is -0.491 e. The first-order valence-electron chi connectivity index (χ1n) is 6.19. The van der Waals surface area contributed by atoms with E-state index in [0.29, 0.717) is 12.4 Å². The third-order valence-corrected chi connectivity index (χ3v) is 5.09. The predicted octanol–water partition coefficient (Wildman–Crippen LogP) is 4.58. The van der Waals surface area contributed by atoms with Crippen LogP contribution >= 0.6 is 27.5 Å². The molecule has 6 heteroatoms. The van der Waals surface area contributed by atoms with E-state index >= 15 is 0 Å². The van der Waals surface area contributed by atoms with Gasteiger partial charge in [-0.1, -0.05) is 40.4 Å². The molecular formula is C13H15BrClNO3. The molecule has 19 heavy (non-hydrogen) atoms. The molecule has 0 saturated heterocycles. The number of non-ortho nitro benzene ring substituents is 1. The second-order valence-electron chi connectivity index (χ2n) is 5.00. The van der Waals surface area contributed by atoms with Crippen LogP contribution in [0.2, 0.25) is 5.02 Å². The van der Waals surface area contributed by atoms with E-state index in [9.17, 15) is 10.1 Å². The third-order valence-electron chi connectivity index (χ3n) is 3.61. The molecule has 0 radical (unpaired) electrons. The molecule has 0 amide bonds. The minimum atomic E-state index is -0.466. The highest BCUT2D eigenvalue weighted by Crippen LogP contribution is 2.40. The van der Waals surface area contributed by atoms with E-state index in [1.54, 1.807) is 6.07 Å². The van der Waals surface area contributed by atoms with Gasteiger partial charge in [-0.05, 0) is 18.9 Å². The summed E-state index contributed by atoms with van der Waals surface area (Å²) in [6, 6.07) is 4.31. The average Bonchev–Trinajstić information content (AvgIpc) is 2.86. The maximum Gasteiger partial charge on any atom is 0.271 e. The first-order valence-corrected chi connectivity index (χ1v) is 7.69. The molecule has 1 aromatic rings. The summed E-state index contributed by atoms with van der Waals surface area (Å²) in [4.78, 5) is 10.2. The highest BCUT2D eigenvalue weighted by molar-refractivity contribution is 9.09. The van der Waals surface area contributed by atoms with Crippen molar-refractivity contribution in [2.45, 2.75) is 25.7 Å². The van der Waals surface area contributed by atoms with Crippen LogP contribution < -0.4 is 4.74 Å². The Kier molecular flexibility index (Phi) is 4.68. The van der Waals surface area contributed by atoms with E-state index in [-0.39, 0.29) is 16.1 Å². The fraction of sp³-hybridized carbons (Fsp3) is 0.538. The second kappa shape index (κ2) is 6.09. The summed E-state index contributed by atoms with van der Waals surface area (Å²) in [5, 5.41) is 11.8. The van der Waals surface area contributed by atoms with Crippen LogP contribution in [0.4, 0.5) is 5.69 Å². The molecule has 0 heterocycles. The molecule has 0 spiro atoms. The highest BCUT2D eigenvalue weighted by Gasteiger charge is 2.33. The molecule has 1 aliphatic rings. The summed E-state index contributed by atoms with van der Waals surface area (Å²) in [7, 11) is 0. The molecule has 0 bridgehead atoms. The number of rotatable bonds is 5. The normalized spacial score (nSPS) is 17.4. The first kappa shape index (κ1) is 14.6. The Morgan fingerprint density at radius 2 is 2.11 bits per heavy atom. The quantitative estimate of drug-likeness (QED) is 0.444. The number of nitrogens with zero attached hydrogens (tertiary/aromatic N) is 1. The molecule has 104 valence electrons. The lowest BCUT2D eigenvalue weighted by Gasteiger charge is -2.26. The SMILES string of the molecule is O=[N+]([O-])c1ccc(OCC2(CBr)CCCC2)c(Cl)c1. The maximum atomic E-state index is 10.6. The first-order chi connectivity index (χ1) is 9.06. The Balaban J connectivity index is 2.05. The number of nitro groups is 1. The minimum absolute atomic E-state index is 0.0200. The van der Waals surface area contributed by atoms with Crippen LogP contribution in [0.15, 0.2) is 18.2 Å². The van der Waals surface area contributed by atoms with Gasteiger partial charge < -0.3 is 4.74 Å².